The number of nitrogens with one attached hydrogen (secondary N) is 1. The van der Waals surface area contributed by atoms with Crippen LogP contribution in [0.2, 0.25) is 0 Å². The molecule has 2 aromatic rings. The topological polar surface area (TPSA) is 86.8 Å². The van der Waals surface area contributed by atoms with Crippen LogP contribution in [0.15, 0.2) is 47.4 Å². The Kier molecular flexibility index (Phi) is 7.43. The summed E-state index contributed by atoms with van der Waals surface area (Å²) in [5.74, 6) is -4.16. The minimum Gasteiger partial charge on any atom is -0.340 e. The van der Waals surface area contributed by atoms with Crippen molar-refractivity contribution in [1.29, 1.82) is 0 Å². The van der Waals surface area contributed by atoms with E-state index in [1.807, 2.05) is 0 Å². The van der Waals surface area contributed by atoms with Crippen LogP contribution in [0.5, 0.6) is 0 Å². The zero-order chi connectivity index (χ0) is 24.3. The summed E-state index contributed by atoms with van der Waals surface area (Å²) in [5, 5.41) is 2.56. The minimum atomic E-state index is -4.29. The van der Waals surface area contributed by atoms with E-state index in [1.165, 1.54) is 23.1 Å². The zero-order valence-corrected chi connectivity index (χ0v) is 18.9. The van der Waals surface area contributed by atoms with Crippen LogP contribution in [0.1, 0.15) is 24.2 Å². The predicted octanol–water partition coefficient (Wildman–Crippen LogP) is 2.39. The monoisotopic (exact) mass is 483 g/mol. The summed E-state index contributed by atoms with van der Waals surface area (Å²) in [4.78, 5) is 26.2. The fourth-order valence-electron chi connectivity index (χ4n) is 3.54. The van der Waals surface area contributed by atoms with Gasteiger partial charge in [0.05, 0.1) is 5.56 Å². The lowest BCUT2D eigenvalue weighted by atomic mass is 10.0. The van der Waals surface area contributed by atoms with E-state index in [9.17, 15) is 31.2 Å². The smallest absolute Gasteiger partial charge is 0.254 e. The molecule has 2 amide bonds. The summed E-state index contributed by atoms with van der Waals surface area (Å²) in [6.45, 7) is 3.17. The number of sulfonamides is 1. The fraction of sp³-hybridized carbons (Fsp3) is 0.364. The molecule has 178 valence electrons. The molecule has 11 heteroatoms. The van der Waals surface area contributed by atoms with Gasteiger partial charge in [0, 0.05) is 26.2 Å². The lowest BCUT2D eigenvalue weighted by Crippen LogP contribution is -2.57. The van der Waals surface area contributed by atoms with E-state index in [1.54, 1.807) is 13.8 Å². The van der Waals surface area contributed by atoms with Crippen molar-refractivity contribution in [3.8, 4) is 0 Å². The van der Waals surface area contributed by atoms with Crippen LogP contribution in [0, 0.1) is 23.4 Å². The van der Waals surface area contributed by atoms with Crippen molar-refractivity contribution in [1.82, 2.24) is 14.5 Å². The number of carbonyl (C=O) groups is 2. The standard InChI is InChI=1S/C22H24F3N3O4S/c1-14(2)20(26-21(29)16-5-3-4-6-17(16)24)22(30)27-9-11-28(12-10-27)33(31,32)19-13-15(23)7-8-18(19)25/h3-8,13-14,20H,9-12H2,1-2H3,(H,26,29)/t20-/m0/s1. The van der Waals surface area contributed by atoms with Gasteiger partial charge in [-0.3, -0.25) is 9.59 Å². The van der Waals surface area contributed by atoms with Gasteiger partial charge in [0.1, 0.15) is 28.4 Å². The summed E-state index contributed by atoms with van der Waals surface area (Å²) < 4.78 is 67.9. The van der Waals surface area contributed by atoms with Gasteiger partial charge >= 0.3 is 0 Å². The average molecular weight is 484 g/mol. The Balaban J connectivity index is 1.69. The van der Waals surface area contributed by atoms with Crippen molar-refractivity contribution >= 4 is 21.8 Å². The van der Waals surface area contributed by atoms with Crippen molar-refractivity contribution in [3.05, 3.63) is 65.5 Å². The van der Waals surface area contributed by atoms with E-state index in [0.29, 0.717) is 6.07 Å². The third kappa shape index (κ3) is 5.36. The summed E-state index contributed by atoms with van der Waals surface area (Å²) >= 11 is 0. The second kappa shape index (κ2) is 9.92. The van der Waals surface area contributed by atoms with Crippen LogP contribution in [0.3, 0.4) is 0 Å². The molecule has 2 aromatic carbocycles. The minimum absolute atomic E-state index is 0.00616. The first-order chi connectivity index (χ1) is 15.5. The molecule has 3 rings (SSSR count). The SMILES string of the molecule is CC(C)[C@H](NC(=O)c1ccccc1F)C(=O)N1CCN(S(=O)(=O)c2cc(F)ccc2F)CC1. The molecule has 1 heterocycles. The number of halogens is 3. The largest absolute Gasteiger partial charge is 0.340 e. The van der Waals surface area contributed by atoms with Crippen LogP contribution in [0.4, 0.5) is 13.2 Å². The molecule has 1 fully saturated rings. The maximum Gasteiger partial charge on any atom is 0.254 e. The highest BCUT2D eigenvalue weighted by Crippen LogP contribution is 2.22. The van der Waals surface area contributed by atoms with Crippen LogP contribution < -0.4 is 5.32 Å². The zero-order valence-electron chi connectivity index (χ0n) is 18.1. The number of hydrogen-bond donors (Lipinski definition) is 1. The van der Waals surface area contributed by atoms with E-state index in [-0.39, 0.29) is 37.7 Å². The first-order valence-corrected chi connectivity index (χ1v) is 11.8. The molecule has 1 aliphatic rings. The van der Waals surface area contributed by atoms with Gasteiger partial charge in [-0.2, -0.15) is 4.31 Å². The molecule has 1 atom stereocenters. The van der Waals surface area contributed by atoms with Crippen LogP contribution in [-0.2, 0) is 14.8 Å². The molecule has 0 radical (unpaired) electrons. The molecule has 1 N–H and O–H groups in total. The van der Waals surface area contributed by atoms with Crippen LogP contribution in [-0.4, -0.2) is 61.7 Å². The van der Waals surface area contributed by atoms with Gasteiger partial charge in [0.15, 0.2) is 0 Å². The van der Waals surface area contributed by atoms with E-state index in [0.717, 1.165) is 22.5 Å². The lowest BCUT2D eigenvalue weighted by molar-refractivity contribution is -0.135. The predicted molar refractivity (Wildman–Crippen MR) is 114 cm³/mol. The van der Waals surface area contributed by atoms with Gasteiger partial charge in [-0.1, -0.05) is 26.0 Å². The molecule has 0 unspecified atom stereocenters. The molecular weight excluding hydrogens is 459 g/mol. The highest BCUT2D eigenvalue weighted by Gasteiger charge is 2.35. The van der Waals surface area contributed by atoms with E-state index in [2.05, 4.69) is 5.32 Å². The second-order valence-electron chi connectivity index (χ2n) is 7.98. The van der Waals surface area contributed by atoms with Gasteiger partial charge < -0.3 is 10.2 Å². The Morgan fingerprint density at radius 3 is 2.18 bits per heavy atom. The van der Waals surface area contributed by atoms with Crippen molar-refractivity contribution < 1.29 is 31.2 Å². The normalized spacial score (nSPS) is 16.0. The molecule has 0 saturated carbocycles. The van der Waals surface area contributed by atoms with E-state index < -0.39 is 50.2 Å². The number of nitrogens with zero attached hydrogens (tertiary/aromatic N) is 2. The molecule has 0 aliphatic carbocycles. The number of benzene rings is 2. The van der Waals surface area contributed by atoms with Crippen LogP contribution in [0.25, 0.3) is 0 Å². The quantitative estimate of drug-likeness (QED) is 0.684. The number of hydrogen-bond acceptors (Lipinski definition) is 4. The molecule has 0 spiro atoms. The van der Waals surface area contributed by atoms with Gasteiger partial charge in [0.25, 0.3) is 5.91 Å². The first kappa shape index (κ1) is 24.7. The van der Waals surface area contributed by atoms with Crippen molar-refractivity contribution in [2.24, 2.45) is 5.92 Å². The molecule has 1 aliphatic heterocycles. The van der Waals surface area contributed by atoms with Gasteiger partial charge in [-0.25, -0.2) is 21.6 Å². The third-order valence-electron chi connectivity index (χ3n) is 5.40. The summed E-state index contributed by atoms with van der Waals surface area (Å²) in [6, 6.07) is 6.63. The number of piperazine rings is 1. The highest BCUT2D eigenvalue weighted by atomic mass is 32.2. The Bertz CT molecular complexity index is 1150. The average Bonchev–Trinajstić information content (AvgIpc) is 2.78. The maximum atomic E-state index is 14.0. The summed E-state index contributed by atoms with van der Waals surface area (Å²) in [5.41, 5.74) is -0.191. The van der Waals surface area contributed by atoms with E-state index >= 15 is 0 Å². The number of rotatable bonds is 6. The maximum absolute atomic E-state index is 14.0. The van der Waals surface area contributed by atoms with E-state index in [4.69, 9.17) is 0 Å². The van der Waals surface area contributed by atoms with Crippen molar-refractivity contribution in [3.63, 3.8) is 0 Å². The molecule has 33 heavy (non-hydrogen) atoms. The van der Waals surface area contributed by atoms with Gasteiger partial charge in [-0.15, -0.1) is 0 Å². The Hall–Kier alpha value is -2.92. The summed E-state index contributed by atoms with van der Waals surface area (Å²) in [7, 11) is -4.29. The highest BCUT2D eigenvalue weighted by molar-refractivity contribution is 7.89. The first-order valence-electron chi connectivity index (χ1n) is 10.3. The summed E-state index contributed by atoms with van der Waals surface area (Å²) in [6.07, 6.45) is 0. The third-order valence-corrected chi connectivity index (χ3v) is 7.31. The number of carbonyl (C=O) groups excluding carboxylic acids is 2. The Morgan fingerprint density at radius 2 is 1.58 bits per heavy atom. The molecular formula is C22H24F3N3O4S. The Morgan fingerprint density at radius 1 is 0.939 bits per heavy atom. The lowest BCUT2D eigenvalue weighted by Gasteiger charge is -2.36. The van der Waals surface area contributed by atoms with Gasteiger partial charge in [0.2, 0.25) is 15.9 Å². The second-order valence-corrected chi connectivity index (χ2v) is 9.89. The van der Waals surface area contributed by atoms with Crippen molar-refractivity contribution in [2.45, 2.75) is 24.8 Å². The molecule has 0 bridgehead atoms. The van der Waals surface area contributed by atoms with Crippen molar-refractivity contribution in [2.75, 3.05) is 26.2 Å². The fourth-order valence-corrected chi connectivity index (χ4v) is 5.04. The Labute approximate surface area is 190 Å². The van der Waals surface area contributed by atoms with Crippen LogP contribution >= 0.6 is 0 Å². The molecule has 1 saturated heterocycles. The molecule has 0 aromatic heterocycles. The molecule has 7 nitrogen and oxygen atoms in total. The van der Waals surface area contributed by atoms with Gasteiger partial charge in [-0.05, 0) is 36.2 Å². The number of amides is 2.